The van der Waals surface area contributed by atoms with Crippen LogP contribution in [0.4, 0.5) is 10.1 Å². The Morgan fingerprint density at radius 2 is 2.06 bits per heavy atom. The van der Waals surface area contributed by atoms with Crippen molar-refractivity contribution in [3.63, 3.8) is 0 Å². The molecule has 0 fully saturated rings. The van der Waals surface area contributed by atoms with Crippen LogP contribution in [0.2, 0.25) is 0 Å². The monoisotopic (exact) mass is 275 g/mol. The Labute approximate surface area is 107 Å². The smallest absolute Gasteiger partial charge is 0.242 e. The number of hydrogen-bond donors (Lipinski definition) is 2. The number of nitrogen functional groups attached to an aromatic ring is 1. The molecule has 0 aliphatic rings. The minimum absolute atomic E-state index is 0.0430. The SMILES string of the molecule is CC(CNS(=O)(=O)c1ccc(F)cc1N)N(C)C. The van der Waals surface area contributed by atoms with E-state index in [1.54, 1.807) is 0 Å². The zero-order valence-corrected chi connectivity index (χ0v) is 11.5. The van der Waals surface area contributed by atoms with E-state index in [0.717, 1.165) is 18.2 Å². The lowest BCUT2D eigenvalue weighted by molar-refractivity contribution is 0.314. The van der Waals surface area contributed by atoms with Crippen LogP contribution >= 0.6 is 0 Å². The van der Waals surface area contributed by atoms with Gasteiger partial charge in [0, 0.05) is 12.6 Å². The summed E-state index contributed by atoms with van der Waals surface area (Å²) >= 11 is 0. The molecule has 0 saturated heterocycles. The van der Waals surface area contributed by atoms with Gasteiger partial charge in [-0.05, 0) is 39.2 Å². The molecule has 7 heteroatoms. The number of nitrogens with zero attached hydrogens (tertiary/aromatic N) is 1. The summed E-state index contributed by atoms with van der Waals surface area (Å²) in [7, 11) is 0.000173. The molecule has 0 heterocycles. The number of nitrogens with one attached hydrogen (secondary N) is 1. The number of sulfonamides is 1. The highest BCUT2D eigenvalue weighted by atomic mass is 32.2. The number of rotatable bonds is 5. The lowest BCUT2D eigenvalue weighted by Gasteiger charge is -2.20. The highest BCUT2D eigenvalue weighted by Crippen LogP contribution is 2.18. The Kier molecular flexibility index (Phi) is 4.66. The fourth-order valence-corrected chi connectivity index (χ4v) is 2.49. The van der Waals surface area contributed by atoms with Crippen LogP contribution < -0.4 is 10.5 Å². The average molecular weight is 275 g/mol. The van der Waals surface area contributed by atoms with Crippen molar-refractivity contribution in [1.82, 2.24) is 9.62 Å². The van der Waals surface area contributed by atoms with Crippen LogP contribution in [0.25, 0.3) is 0 Å². The van der Waals surface area contributed by atoms with Gasteiger partial charge in [0.1, 0.15) is 10.7 Å². The molecule has 1 unspecified atom stereocenters. The zero-order valence-electron chi connectivity index (χ0n) is 10.6. The predicted octanol–water partition coefficient (Wildman–Crippen LogP) is 0.636. The zero-order chi connectivity index (χ0) is 13.9. The summed E-state index contributed by atoms with van der Waals surface area (Å²) in [5, 5.41) is 0. The second-order valence-electron chi connectivity index (χ2n) is 4.35. The fraction of sp³-hybridized carbons (Fsp3) is 0.455. The van der Waals surface area contributed by atoms with E-state index in [1.807, 2.05) is 25.9 Å². The summed E-state index contributed by atoms with van der Waals surface area (Å²) in [6.07, 6.45) is 0. The van der Waals surface area contributed by atoms with Gasteiger partial charge in [-0.1, -0.05) is 0 Å². The topological polar surface area (TPSA) is 75.4 Å². The number of hydrogen-bond acceptors (Lipinski definition) is 4. The summed E-state index contributed by atoms with van der Waals surface area (Å²) < 4.78 is 39.2. The molecule has 1 aromatic rings. The first-order valence-electron chi connectivity index (χ1n) is 5.45. The summed E-state index contributed by atoms with van der Waals surface area (Å²) in [6.45, 7) is 2.14. The third-order valence-corrected chi connectivity index (χ3v) is 4.21. The molecule has 0 spiro atoms. The molecule has 3 N–H and O–H groups in total. The first-order chi connectivity index (χ1) is 8.24. The standard InChI is InChI=1S/C11H18FN3O2S/c1-8(15(2)3)7-14-18(16,17)11-5-4-9(12)6-10(11)13/h4-6,8,14H,7,13H2,1-3H3. The molecule has 18 heavy (non-hydrogen) atoms. The Morgan fingerprint density at radius 3 is 2.56 bits per heavy atom. The molecule has 1 aromatic carbocycles. The second-order valence-corrected chi connectivity index (χ2v) is 6.08. The molecule has 0 saturated carbocycles. The first-order valence-corrected chi connectivity index (χ1v) is 6.93. The van der Waals surface area contributed by atoms with Crippen molar-refractivity contribution < 1.29 is 12.8 Å². The van der Waals surface area contributed by atoms with Crippen molar-refractivity contribution >= 4 is 15.7 Å². The molecule has 0 bridgehead atoms. The van der Waals surface area contributed by atoms with Crippen LogP contribution in [0.1, 0.15) is 6.92 Å². The number of nitrogens with two attached hydrogens (primary N) is 1. The largest absolute Gasteiger partial charge is 0.398 e. The Bertz CT molecular complexity index is 517. The molecule has 0 aliphatic carbocycles. The van der Waals surface area contributed by atoms with Crippen molar-refractivity contribution in [3.8, 4) is 0 Å². The summed E-state index contributed by atoms with van der Waals surface area (Å²) in [5.41, 5.74) is 5.41. The van der Waals surface area contributed by atoms with E-state index in [0.29, 0.717) is 0 Å². The highest BCUT2D eigenvalue weighted by molar-refractivity contribution is 7.89. The van der Waals surface area contributed by atoms with Gasteiger partial charge >= 0.3 is 0 Å². The van der Waals surface area contributed by atoms with Crippen molar-refractivity contribution in [2.24, 2.45) is 0 Å². The third-order valence-electron chi connectivity index (χ3n) is 2.71. The molecule has 1 rings (SSSR count). The lowest BCUT2D eigenvalue weighted by Crippen LogP contribution is -2.38. The average Bonchev–Trinajstić information content (AvgIpc) is 2.25. The molecule has 1 atom stereocenters. The van der Waals surface area contributed by atoms with Crippen LogP contribution in [0, 0.1) is 5.82 Å². The van der Waals surface area contributed by atoms with Crippen molar-refractivity contribution in [3.05, 3.63) is 24.0 Å². The summed E-state index contributed by atoms with van der Waals surface area (Å²) in [4.78, 5) is 1.78. The molecule has 5 nitrogen and oxygen atoms in total. The quantitative estimate of drug-likeness (QED) is 0.773. The molecule has 0 aliphatic heterocycles. The molecule has 0 amide bonds. The molecular formula is C11H18FN3O2S. The molecular weight excluding hydrogens is 257 g/mol. The Morgan fingerprint density at radius 1 is 1.44 bits per heavy atom. The van der Waals surface area contributed by atoms with Crippen LogP contribution in [0.15, 0.2) is 23.1 Å². The summed E-state index contributed by atoms with van der Waals surface area (Å²) in [5.74, 6) is -0.562. The molecule has 0 aromatic heterocycles. The van der Waals surface area contributed by atoms with Gasteiger partial charge in [-0.15, -0.1) is 0 Å². The summed E-state index contributed by atoms with van der Waals surface area (Å²) in [6, 6.07) is 3.26. The predicted molar refractivity (Wildman–Crippen MR) is 69.1 cm³/mol. The first kappa shape index (κ1) is 14.9. The Balaban J connectivity index is 2.87. The van der Waals surface area contributed by atoms with Gasteiger partial charge in [0.25, 0.3) is 0 Å². The van der Waals surface area contributed by atoms with E-state index in [-0.39, 0.29) is 23.2 Å². The van der Waals surface area contributed by atoms with Gasteiger partial charge < -0.3 is 10.6 Å². The fourth-order valence-electron chi connectivity index (χ4n) is 1.25. The molecule has 0 radical (unpaired) electrons. The van der Waals surface area contributed by atoms with Gasteiger partial charge in [-0.25, -0.2) is 17.5 Å². The maximum absolute atomic E-state index is 12.9. The van der Waals surface area contributed by atoms with E-state index in [9.17, 15) is 12.8 Å². The van der Waals surface area contributed by atoms with Gasteiger partial charge in [0.2, 0.25) is 10.0 Å². The van der Waals surface area contributed by atoms with E-state index >= 15 is 0 Å². The number of likely N-dealkylation sites (N-methyl/N-ethyl adjacent to an activating group) is 1. The lowest BCUT2D eigenvalue weighted by atomic mass is 10.3. The van der Waals surface area contributed by atoms with Crippen LogP contribution in [0.5, 0.6) is 0 Å². The minimum Gasteiger partial charge on any atom is -0.398 e. The maximum atomic E-state index is 12.9. The van der Waals surface area contributed by atoms with Gasteiger partial charge in [-0.2, -0.15) is 0 Å². The van der Waals surface area contributed by atoms with Crippen LogP contribution in [0.3, 0.4) is 0 Å². The van der Waals surface area contributed by atoms with Crippen LogP contribution in [-0.4, -0.2) is 40.0 Å². The van der Waals surface area contributed by atoms with Crippen molar-refractivity contribution in [2.45, 2.75) is 17.9 Å². The maximum Gasteiger partial charge on any atom is 0.242 e. The van der Waals surface area contributed by atoms with Crippen LogP contribution in [-0.2, 0) is 10.0 Å². The van der Waals surface area contributed by atoms with E-state index in [2.05, 4.69) is 4.72 Å². The molecule has 102 valence electrons. The normalized spacial score (nSPS) is 13.8. The Hall–Kier alpha value is -1.18. The second kappa shape index (κ2) is 5.64. The van der Waals surface area contributed by atoms with Crippen molar-refractivity contribution in [2.75, 3.05) is 26.4 Å². The highest BCUT2D eigenvalue weighted by Gasteiger charge is 2.18. The minimum atomic E-state index is -3.70. The number of benzene rings is 1. The van der Waals surface area contributed by atoms with E-state index < -0.39 is 15.8 Å². The number of halogens is 1. The third kappa shape index (κ3) is 3.66. The van der Waals surface area contributed by atoms with Gasteiger partial charge in [-0.3, -0.25) is 0 Å². The van der Waals surface area contributed by atoms with E-state index in [4.69, 9.17) is 5.73 Å². The van der Waals surface area contributed by atoms with Crippen molar-refractivity contribution in [1.29, 1.82) is 0 Å². The van der Waals surface area contributed by atoms with Gasteiger partial charge in [0.15, 0.2) is 0 Å². The van der Waals surface area contributed by atoms with E-state index in [1.165, 1.54) is 0 Å². The number of anilines is 1. The van der Waals surface area contributed by atoms with Gasteiger partial charge in [0.05, 0.1) is 5.69 Å².